The van der Waals surface area contributed by atoms with Crippen LogP contribution in [0.2, 0.25) is 5.02 Å². The zero-order valence-electron chi connectivity index (χ0n) is 15.5. The number of amides is 2. The highest BCUT2D eigenvalue weighted by molar-refractivity contribution is 6.30. The molecule has 0 saturated heterocycles. The average molecular weight is 426 g/mol. The second kappa shape index (κ2) is 9.48. The number of benzene rings is 2. The van der Waals surface area contributed by atoms with Gasteiger partial charge < -0.3 is 16.0 Å². The molecule has 3 aromatic rings. The number of nitro benzene ring substituents is 1. The van der Waals surface area contributed by atoms with E-state index in [9.17, 15) is 19.7 Å². The maximum absolute atomic E-state index is 12.6. The number of pyridine rings is 1. The number of nitrogens with zero attached hydrogens (tertiary/aromatic N) is 2. The zero-order valence-corrected chi connectivity index (χ0v) is 16.2. The summed E-state index contributed by atoms with van der Waals surface area (Å²) >= 11 is 5.78. The number of hydrogen-bond acceptors (Lipinski definition) is 6. The van der Waals surface area contributed by atoms with Crippen molar-refractivity contribution in [3.05, 3.63) is 87.6 Å². The number of nitro groups is 1. The number of halogens is 1. The van der Waals surface area contributed by atoms with E-state index < -0.39 is 16.7 Å². The van der Waals surface area contributed by atoms with Crippen LogP contribution in [0.1, 0.15) is 10.4 Å². The Morgan fingerprint density at radius 1 is 0.967 bits per heavy atom. The first-order valence-corrected chi connectivity index (χ1v) is 9.11. The van der Waals surface area contributed by atoms with Crippen molar-refractivity contribution < 1.29 is 14.5 Å². The third-order valence-electron chi connectivity index (χ3n) is 3.95. The third-order valence-corrected chi connectivity index (χ3v) is 4.18. The van der Waals surface area contributed by atoms with Gasteiger partial charge in [-0.05, 0) is 30.3 Å². The lowest BCUT2D eigenvalue weighted by Gasteiger charge is -2.12. The SMILES string of the molecule is O=C(CNc1ccccc1[N+](=O)[O-])Nc1ccccc1C(=O)Nc1ccc(Cl)cn1. The van der Waals surface area contributed by atoms with Gasteiger partial charge in [-0.3, -0.25) is 19.7 Å². The summed E-state index contributed by atoms with van der Waals surface area (Å²) in [5, 5.41) is 19.5. The fraction of sp³-hybridized carbons (Fsp3) is 0.0500. The molecule has 30 heavy (non-hydrogen) atoms. The Labute approximate surface area is 176 Å². The normalized spacial score (nSPS) is 10.2. The minimum atomic E-state index is -0.537. The van der Waals surface area contributed by atoms with Crippen molar-refractivity contribution in [2.45, 2.75) is 0 Å². The predicted octanol–water partition coefficient (Wildman–Crippen LogP) is 3.95. The number of carbonyl (C=O) groups excluding carboxylic acids is 2. The monoisotopic (exact) mass is 425 g/mol. The van der Waals surface area contributed by atoms with E-state index in [2.05, 4.69) is 20.9 Å². The molecule has 9 nitrogen and oxygen atoms in total. The molecule has 1 aromatic heterocycles. The lowest BCUT2D eigenvalue weighted by atomic mass is 10.1. The molecule has 0 fully saturated rings. The number of anilines is 3. The van der Waals surface area contributed by atoms with Gasteiger partial charge in [0, 0.05) is 12.3 Å². The molecule has 0 aliphatic rings. The van der Waals surface area contributed by atoms with Gasteiger partial charge in [-0.2, -0.15) is 0 Å². The standard InChI is InChI=1S/C20H16ClN5O4/c21-13-9-10-18(23-11-13)25-20(28)14-5-1-2-6-15(14)24-19(27)12-22-16-7-3-4-8-17(16)26(29)30/h1-11,22H,12H2,(H,24,27)(H,23,25,28). The van der Waals surface area contributed by atoms with Gasteiger partial charge in [0.15, 0.2) is 0 Å². The molecule has 3 rings (SSSR count). The summed E-state index contributed by atoms with van der Waals surface area (Å²) in [5.74, 6) is -0.631. The second-order valence-corrected chi connectivity index (χ2v) is 6.47. The van der Waals surface area contributed by atoms with E-state index in [4.69, 9.17) is 11.6 Å². The van der Waals surface area contributed by atoms with Crippen LogP contribution < -0.4 is 16.0 Å². The van der Waals surface area contributed by atoms with Gasteiger partial charge in [-0.15, -0.1) is 0 Å². The van der Waals surface area contributed by atoms with Crippen LogP contribution in [-0.2, 0) is 4.79 Å². The molecule has 0 spiro atoms. The van der Waals surface area contributed by atoms with Crippen LogP contribution in [0, 0.1) is 10.1 Å². The number of hydrogen-bond donors (Lipinski definition) is 3. The van der Waals surface area contributed by atoms with Crippen molar-refractivity contribution in [2.75, 3.05) is 22.5 Å². The third kappa shape index (κ3) is 5.30. The van der Waals surface area contributed by atoms with Gasteiger partial charge in [0.25, 0.3) is 11.6 Å². The molecule has 1 heterocycles. The molecule has 0 unspecified atom stereocenters. The second-order valence-electron chi connectivity index (χ2n) is 6.04. The Hall–Kier alpha value is -3.98. The highest BCUT2D eigenvalue weighted by atomic mass is 35.5. The first kappa shape index (κ1) is 20.7. The van der Waals surface area contributed by atoms with Crippen molar-refractivity contribution in [3.8, 4) is 0 Å². The first-order chi connectivity index (χ1) is 14.4. The highest BCUT2D eigenvalue weighted by Gasteiger charge is 2.16. The largest absolute Gasteiger partial charge is 0.371 e. The average Bonchev–Trinajstić information content (AvgIpc) is 2.74. The summed E-state index contributed by atoms with van der Waals surface area (Å²) in [6.45, 7) is -0.223. The van der Waals surface area contributed by atoms with Gasteiger partial charge in [0.1, 0.15) is 11.5 Å². The smallest absolute Gasteiger partial charge is 0.292 e. The summed E-state index contributed by atoms with van der Waals surface area (Å²) in [6.07, 6.45) is 1.40. The van der Waals surface area contributed by atoms with E-state index in [1.165, 1.54) is 24.4 Å². The quantitative estimate of drug-likeness (QED) is 0.388. The van der Waals surface area contributed by atoms with Crippen LogP contribution in [0.15, 0.2) is 66.9 Å². The number of para-hydroxylation sites is 3. The molecular weight excluding hydrogens is 410 g/mol. The molecule has 2 aromatic carbocycles. The minimum Gasteiger partial charge on any atom is -0.371 e. The Morgan fingerprint density at radius 2 is 1.67 bits per heavy atom. The molecule has 3 N–H and O–H groups in total. The summed E-state index contributed by atoms with van der Waals surface area (Å²) in [5.41, 5.74) is 0.602. The van der Waals surface area contributed by atoms with E-state index in [1.807, 2.05) is 0 Å². The first-order valence-electron chi connectivity index (χ1n) is 8.73. The van der Waals surface area contributed by atoms with E-state index >= 15 is 0 Å². The Morgan fingerprint density at radius 3 is 2.37 bits per heavy atom. The van der Waals surface area contributed by atoms with Gasteiger partial charge in [0.2, 0.25) is 5.91 Å². The van der Waals surface area contributed by atoms with E-state index in [1.54, 1.807) is 42.5 Å². The Balaban J connectivity index is 1.67. The van der Waals surface area contributed by atoms with Crippen molar-refractivity contribution in [1.29, 1.82) is 0 Å². The lowest BCUT2D eigenvalue weighted by molar-refractivity contribution is -0.383. The summed E-state index contributed by atoms with van der Waals surface area (Å²) < 4.78 is 0. The van der Waals surface area contributed by atoms with Crippen LogP contribution in [0.25, 0.3) is 0 Å². The molecule has 0 saturated carbocycles. The number of aromatic nitrogens is 1. The van der Waals surface area contributed by atoms with Gasteiger partial charge in [-0.25, -0.2) is 4.98 Å². The Bertz CT molecular complexity index is 1090. The molecule has 0 aliphatic carbocycles. The van der Waals surface area contributed by atoms with E-state index in [0.29, 0.717) is 16.5 Å². The summed E-state index contributed by atoms with van der Waals surface area (Å²) in [7, 11) is 0. The summed E-state index contributed by atoms with van der Waals surface area (Å²) in [4.78, 5) is 39.4. The molecule has 2 amide bonds. The van der Waals surface area contributed by atoms with Crippen LogP contribution in [0.3, 0.4) is 0 Å². The fourth-order valence-electron chi connectivity index (χ4n) is 2.58. The molecule has 10 heteroatoms. The van der Waals surface area contributed by atoms with Crippen LogP contribution in [-0.4, -0.2) is 28.3 Å². The zero-order chi connectivity index (χ0) is 21.5. The Kier molecular flexibility index (Phi) is 6.56. The van der Waals surface area contributed by atoms with Crippen LogP contribution >= 0.6 is 11.6 Å². The molecule has 0 bridgehead atoms. The number of carbonyl (C=O) groups is 2. The lowest BCUT2D eigenvalue weighted by Crippen LogP contribution is -2.24. The van der Waals surface area contributed by atoms with Gasteiger partial charge >= 0.3 is 0 Å². The molecular formula is C20H16ClN5O4. The topological polar surface area (TPSA) is 126 Å². The van der Waals surface area contributed by atoms with Crippen molar-refractivity contribution in [2.24, 2.45) is 0 Å². The molecule has 0 atom stereocenters. The van der Waals surface area contributed by atoms with Crippen molar-refractivity contribution in [3.63, 3.8) is 0 Å². The highest BCUT2D eigenvalue weighted by Crippen LogP contribution is 2.23. The molecule has 0 radical (unpaired) electrons. The summed E-state index contributed by atoms with van der Waals surface area (Å²) in [6, 6.07) is 15.6. The molecule has 152 valence electrons. The van der Waals surface area contributed by atoms with Crippen LogP contribution in [0.4, 0.5) is 22.9 Å². The van der Waals surface area contributed by atoms with Crippen molar-refractivity contribution in [1.82, 2.24) is 4.98 Å². The minimum absolute atomic E-state index is 0.138. The van der Waals surface area contributed by atoms with Crippen LogP contribution in [0.5, 0.6) is 0 Å². The molecule has 0 aliphatic heterocycles. The maximum atomic E-state index is 12.6. The van der Waals surface area contributed by atoms with Gasteiger partial charge in [0.05, 0.1) is 27.7 Å². The van der Waals surface area contributed by atoms with Crippen molar-refractivity contribution >= 4 is 46.3 Å². The van der Waals surface area contributed by atoms with E-state index in [0.717, 1.165) is 0 Å². The predicted molar refractivity (Wildman–Crippen MR) is 114 cm³/mol. The maximum Gasteiger partial charge on any atom is 0.292 e. The fourth-order valence-corrected chi connectivity index (χ4v) is 2.69. The van der Waals surface area contributed by atoms with Gasteiger partial charge in [-0.1, -0.05) is 35.9 Å². The van der Waals surface area contributed by atoms with E-state index in [-0.39, 0.29) is 23.5 Å². The number of rotatable bonds is 7. The number of nitrogens with one attached hydrogen (secondary N) is 3.